The van der Waals surface area contributed by atoms with E-state index >= 15 is 0 Å². The molecule has 8 nitrogen and oxygen atoms in total. The van der Waals surface area contributed by atoms with Crippen molar-refractivity contribution in [2.24, 2.45) is 0 Å². The van der Waals surface area contributed by atoms with E-state index in [1.165, 1.54) is 4.90 Å². The average molecular weight is 450 g/mol. The standard InChI is InChI=1S/C25H27N3O5/c1-33-19-7-4-6-17(16-19)23(30)27-14-11-18(12-15-27)26-22(29)10-5-13-28-24(31)20-8-2-3-9-21(20)25(28)32/h2-4,6-9,16,18H,5,10-15H2,1H3,(H,26,29). The molecule has 0 saturated carbocycles. The highest BCUT2D eigenvalue weighted by molar-refractivity contribution is 6.21. The summed E-state index contributed by atoms with van der Waals surface area (Å²) in [5, 5.41) is 3.02. The SMILES string of the molecule is COc1cccc(C(=O)N2CCC(NC(=O)CCCN3C(=O)c4ccccc4C3=O)CC2)c1. The molecule has 1 N–H and O–H groups in total. The van der Waals surface area contributed by atoms with Crippen LogP contribution in [0.1, 0.15) is 56.8 Å². The van der Waals surface area contributed by atoms with E-state index < -0.39 is 0 Å². The van der Waals surface area contributed by atoms with E-state index in [1.54, 1.807) is 60.5 Å². The molecular weight excluding hydrogens is 422 g/mol. The first-order chi connectivity index (χ1) is 16.0. The predicted molar refractivity (Wildman–Crippen MR) is 121 cm³/mol. The molecule has 0 unspecified atom stereocenters. The number of nitrogens with one attached hydrogen (secondary N) is 1. The molecular formula is C25H27N3O5. The van der Waals surface area contributed by atoms with Crippen LogP contribution in [0.15, 0.2) is 48.5 Å². The predicted octanol–water partition coefficient (Wildman–Crippen LogP) is 2.49. The highest BCUT2D eigenvalue weighted by atomic mass is 16.5. The van der Waals surface area contributed by atoms with Gasteiger partial charge in [-0.15, -0.1) is 0 Å². The number of likely N-dealkylation sites (tertiary alicyclic amines) is 1. The van der Waals surface area contributed by atoms with Crippen LogP contribution in [0.4, 0.5) is 0 Å². The van der Waals surface area contributed by atoms with Gasteiger partial charge in [-0.25, -0.2) is 0 Å². The summed E-state index contributed by atoms with van der Waals surface area (Å²) in [5.41, 5.74) is 1.43. The van der Waals surface area contributed by atoms with Crippen LogP contribution in [0.2, 0.25) is 0 Å². The van der Waals surface area contributed by atoms with E-state index in [4.69, 9.17) is 4.74 Å². The lowest BCUT2D eigenvalue weighted by Crippen LogP contribution is -2.46. The Hall–Kier alpha value is -3.68. The van der Waals surface area contributed by atoms with Crippen LogP contribution in [-0.2, 0) is 4.79 Å². The number of rotatable bonds is 7. The van der Waals surface area contributed by atoms with Gasteiger partial charge in [0.15, 0.2) is 0 Å². The van der Waals surface area contributed by atoms with Crippen molar-refractivity contribution >= 4 is 23.6 Å². The minimum atomic E-state index is -0.302. The van der Waals surface area contributed by atoms with Crippen molar-refractivity contribution in [3.8, 4) is 5.75 Å². The van der Waals surface area contributed by atoms with Crippen LogP contribution < -0.4 is 10.1 Å². The van der Waals surface area contributed by atoms with Crippen LogP contribution >= 0.6 is 0 Å². The molecule has 172 valence electrons. The lowest BCUT2D eigenvalue weighted by molar-refractivity contribution is -0.122. The molecule has 0 radical (unpaired) electrons. The van der Waals surface area contributed by atoms with Crippen LogP contribution in [0.25, 0.3) is 0 Å². The van der Waals surface area contributed by atoms with Gasteiger partial charge < -0.3 is 15.0 Å². The third kappa shape index (κ3) is 4.89. The number of carbonyl (C=O) groups excluding carboxylic acids is 4. The topological polar surface area (TPSA) is 96.0 Å². The molecule has 0 aromatic heterocycles. The number of benzene rings is 2. The molecule has 0 spiro atoms. The molecule has 2 aromatic carbocycles. The number of hydrogen-bond acceptors (Lipinski definition) is 5. The molecule has 2 aromatic rings. The molecule has 2 aliphatic rings. The zero-order valence-electron chi connectivity index (χ0n) is 18.6. The Morgan fingerprint density at radius 3 is 2.30 bits per heavy atom. The summed E-state index contributed by atoms with van der Waals surface area (Å²) in [6.07, 6.45) is 2.00. The molecule has 1 fully saturated rings. The molecule has 33 heavy (non-hydrogen) atoms. The summed E-state index contributed by atoms with van der Waals surface area (Å²) in [6.45, 7) is 1.35. The van der Waals surface area contributed by atoms with Gasteiger partial charge in [0.25, 0.3) is 17.7 Å². The van der Waals surface area contributed by atoms with Crippen molar-refractivity contribution in [1.82, 2.24) is 15.1 Å². The fraction of sp³-hybridized carbons (Fsp3) is 0.360. The first kappa shape index (κ1) is 22.5. The minimum absolute atomic E-state index is 0.00571. The fourth-order valence-electron chi connectivity index (χ4n) is 4.31. The Morgan fingerprint density at radius 1 is 1.00 bits per heavy atom. The minimum Gasteiger partial charge on any atom is -0.497 e. The number of methoxy groups -OCH3 is 1. The number of fused-ring (bicyclic) bond motifs is 1. The van der Waals surface area contributed by atoms with Gasteiger partial charge in [0.2, 0.25) is 5.91 Å². The molecule has 2 heterocycles. The van der Waals surface area contributed by atoms with Crippen molar-refractivity contribution in [2.75, 3.05) is 26.7 Å². The van der Waals surface area contributed by atoms with Crippen LogP contribution in [0.3, 0.4) is 0 Å². The molecule has 2 aliphatic heterocycles. The summed E-state index contributed by atoms with van der Waals surface area (Å²) in [6, 6.07) is 13.9. The van der Waals surface area contributed by atoms with Crippen molar-refractivity contribution in [3.63, 3.8) is 0 Å². The van der Waals surface area contributed by atoms with Gasteiger partial charge in [-0.05, 0) is 49.6 Å². The van der Waals surface area contributed by atoms with E-state index in [-0.39, 0.29) is 42.6 Å². The second kappa shape index (κ2) is 9.85. The lowest BCUT2D eigenvalue weighted by Gasteiger charge is -2.32. The van der Waals surface area contributed by atoms with Crippen molar-refractivity contribution < 1.29 is 23.9 Å². The van der Waals surface area contributed by atoms with E-state index in [9.17, 15) is 19.2 Å². The van der Waals surface area contributed by atoms with Crippen molar-refractivity contribution in [3.05, 3.63) is 65.2 Å². The number of imide groups is 1. The van der Waals surface area contributed by atoms with Crippen molar-refractivity contribution in [1.29, 1.82) is 0 Å². The summed E-state index contributed by atoms with van der Waals surface area (Å²) in [5.74, 6) is -0.110. The normalized spacial score (nSPS) is 16.0. The maximum atomic E-state index is 12.7. The molecule has 0 aliphatic carbocycles. The first-order valence-corrected chi connectivity index (χ1v) is 11.2. The molecule has 4 amide bonds. The number of carbonyl (C=O) groups is 4. The highest BCUT2D eigenvalue weighted by Crippen LogP contribution is 2.23. The average Bonchev–Trinajstić information content (AvgIpc) is 3.09. The largest absolute Gasteiger partial charge is 0.497 e. The van der Waals surface area contributed by atoms with Gasteiger partial charge in [-0.3, -0.25) is 24.1 Å². The summed E-state index contributed by atoms with van der Waals surface area (Å²) < 4.78 is 5.19. The smallest absolute Gasteiger partial charge is 0.261 e. The molecule has 0 atom stereocenters. The van der Waals surface area contributed by atoms with Gasteiger partial charge in [-0.2, -0.15) is 0 Å². The molecule has 4 rings (SSSR count). The van der Waals surface area contributed by atoms with Crippen LogP contribution in [0.5, 0.6) is 5.75 Å². The Labute approximate surface area is 192 Å². The third-order valence-corrected chi connectivity index (χ3v) is 6.13. The molecule has 0 bridgehead atoms. The lowest BCUT2D eigenvalue weighted by atomic mass is 10.0. The summed E-state index contributed by atoms with van der Waals surface area (Å²) in [7, 11) is 1.57. The number of ether oxygens (including phenoxy) is 1. The Bertz CT molecular complexity index is 1040. The fourth-order valence-corrected chi connectivity index (χ4v) is 4.31. The number of hydrogen-bond donors (Lipinski definition) is 1. The van der Waals surface area contributed by atoms with E-state index in [0.29, 0.717) is 54.8 Å². The summed E-state index contributed by atoms with van der Waals surface area (Å²) in [4.78, 5) is 52.9. The second-order valence-electron chi connectivity index (χ2n) is 8.28. The van der Waals surface area contributed by atoms with Gasteiger partial charge in [-0.1, -0.05) is 18.2 Å². The zero-order valence-corrected chi connectivity index (χ0v) is 18.6. The molecule has 1 saturated heterocycles. The van der Waals surface area contributed by atoms with Crippen molar-refractivity contribution in [2.45, 2.75) is 31.7 Å². The van der Waals surface area contributed by atoms with Gasteiger partial charge in [0.05, 0.1) is 18.2 Å². The maximum absolute atomic E-state index is 12.7. The van der Waals surface area contributed by atoms with E-state index in [1.807, 2.05) is 0 Å². The maximum Gasteiger partial charge on any atom is 0.261 e. The van der Waals surface area contributed by atoms with E-state index in [2.05, 4.69) is 5.32 Å². The summed E-state index contributed by atoms with van der Waals surface area (Å²) >= 11 is 0. The highest BCUT2D eigenvalue weighted by Gasteiger charge is 2.34. The Balaban J connectivity index is 1.20. The second-order valence-corrected chi connectivity index (χ2v) is 8.28. The zero-order chi connectivity index (χ0) is 23.4. The number of nitrogens with zero attached hydrogens (tertiary/aromatic N) is 2. The number of piperidine rings is 1. The van der Waals surface area contributed by atoms with Gasteiger partial charge >= 0.3 is 0 Å². The van der Waals surface area contributed by atoms with Crippen LogP contribution in [0, 0.1) is 0 Å². The first-order valence-electron chi connectivity index (χ1n) is 11.2. The molecule has 8 heteroatoms. The quantitative estimate of drug-likeness (QED) is 0.656. The van der Waals surface area contributed by atoms with Crippen LogP contribution in [-0.4, -0.2) is 66.2 Å². The number of amides is 4. The van der Waals surface area contributed by atoms with E-state index in [0.717, 1.165) is 0 Å². The van der Waals surface area contributed by atoms with Gasteiger partial charge in [0.1, 0.15) is 5.75 Å². The Kier molecular flexibility index (Phi) is 6.72. The van der Waals surface area contributed by atoms with Gasteiger partial charge in [0, 0.05) is 37.7 Å². The Morgan fingerprint density at radius 2 is 1.67 bits per heavy atom. The third-order valence-electron chi connectivity index (χ3n) is 6.13. The monoisotopic (exact) mass is 449 g/mol.